The molecule has 0 unspecified atom stereocenters. The van der Waals surface area contributed by atoms with Crippen LogP contribution in [0.15, 0.2) is 42.5 Å². The van der Waals surface area contributed by atoms with Gasteiger partial charge in [0.2, 0.25) is 11.8 Å². The van der Waals surface area contributed by atoms with Crippen molar-refractivity contribution in [2.75, 3.05) is 0 Å². The second kappa shape index (κ2) is 7.40. The van der Waals surface area contributed by atoms with Crippen LogP contribution in [0.1, 0.15) is 43.7 Å². The van der Waals surface area contributed by atoms with Gasteiger partial charge in [-0.3, -0.25) is 9.59 Å². The number of carbonyl (C=O) groups is 2. The summed E-state index contributed by atoms with van der Waals surface area (Å²) in [5.41, 5.74) is 0.695. The van der Waals surface area contributed by atoms with E-state index in [0.29, 0.717) is 5.56 Å². The number of carboxylic acid groups (broad SMARTS) is 1. The fourth-order valence-electron chi connectivity index (χ4n) is 3.44. The minimum Gasteiger partial charge on any atom is -0.481 e. The Bertz CT molecular complexity index is 812. The zero-order valence-corrected chi connectivity index (χ0v) is 14.3. The van der Waals surface area contributed by atoms with Gasteiger partial charge in [0.15, 0.2) is 0 Å². The molecule has 0 bridgehead atoms. The van der Waals surface area contributed by atoms with E-state index in [2.05, 4.69) is 5.32 Å². The summed E-state index contributed by atoms with van der Waals surface area (Å²) in [5, 5.41) is 13.9. The van der Waals surface area contributed by atoms with Crippen molar-refractivity contribution < 1.29 is 23.5 Å². The third kappa shape index (κ3) is 4.36. The first-order valence-corrected chi connectivity index (χ1v) is 8.73. The van der Waals surface area contributed by atoms with E-state index >= 15 is 0 Å². The Hall–Kier alpha value is -2.50. The van der Waals surface area contributed by atoms with Crippen LogP contribution in [0.3, 0.4) is 0 Å². The third-order valence-corrected chi connectivity index (χ3v) is 4.96. The van der Waals surface area contributed by atoms with Crippen molar-refractivity contribution in [3.05, 3.63) is 48.0 Å². The molecule has 1 fully saturated rings. The van der Waals surface area contributed by atoms with Crippen LogP contribution in [0.5, 0.6) is 0 Å². The quantitative estimate of drug-likeness (QED) is 0.834. The van der Waals surface area contributed by atoms with E-state index in [1.807, 2.05) is 36.4 Å². The number of alkyl halides is 2. The zero-order valence-electron chi connectivity index (χ0n) is 14.3. The van der Waals surface area contributed by atoms with Crippen molar-refractivity contribution in [1.29, 1.82) is 0 Å². The molecular formula is C20H21F2NO3. The van der Waals surface area contributed by atoms with E-state index in [4.69, 9.17) is 0 Å². The fourth-order valence-corrected chi connectivity index (χ4v) is 3.44. The van der Waals surface area contributed by atoms with Crippen LogP contribution in [0.2, 0.25) is 0 Å². The Morgan fingerprint density at radius 3 is 2.42 bits per heavy atom. The highest BCUT2D eigenvalue weighted by Gasteiger charge is 2.37. The highest BCUT2D eigenvalue weighted by Crippen LogP contribution is 2.36. The van der Waals surface area contributed by atoms with Crippen molar-refractivity contribution in [3.8, 4) is 0 Å². The summed E-state index contributed by atoms with van der Waals surface area (Å²) in [7, 11) is 0. The molecule has 1 atom stereocenters. The number of amides is 1. The number of hydrogen-bond donors (Lipinski definition) is 2. The molecule has 2 aromatic rings. The smallest absolute Gasteiger partial charge is 0.305 e. The molecule has 4 nitrogen and oxygen atoms in total. The molecule has 0 heterocycles. The minimum atomic E-state index is -2.70. The maximum Gasteiger partial charge on any atom is 0.305 e. The van der Waals surface area contributed by atoms with Gasteiger partial charge in [-0.1, -0.05) is 36.4 Å². The average Bonchev–Trinajstić information content (AvgIpc) is 2.60. The summed E-state index contributed by atoms with van der Waals surface area (Å²) in [5.74, 6) is -4.57. The first-order valence-electron chi connectivity index (χ1n) is 8.73. The molecular weight excluding hydrogens is 340 g/mol. The number of carboxylic acids is 1. The standard InChI is InChI=1S/C20H21F2NO3/c21-20(22)9-7-14(8-10-20)19(26)23-17(12-18(24)25)16-6-5-13-3-1-2-4-15(13)11-16/h1-6,11,14,17H,7-10,12H2,(H,23,26)(H,24,25)/t17-/m0/s1. The topological polar surface area (TPSA) is 66.4 Å². The molecule has 1 aliphatic rings. The monoisotopic (exact) mass is 361 g/mol. The number of aliphatic carboxylic acids is 1. The molecule has 26 heavy (non-hydrogen) atoms. The predicted molar refractivity (Wildman–Crippen MR) is 94.0 cm³/mol. The van der Waals surface area contributed by atoms with E-state index in [0.717, 1.165) is 10.8 Å². The van der Waals surface area contributed by atoms with Crippen LogP contribution in [0.4, 0.5) is 8.78 Å². The number of carbonyl (C=O) groups excluding carboxylic acids is 1. The average molecular weight is 361 g/mol. The minimum absolute atomic E-state index is 0.121. The van der Waals surface area contributed by atoms with E-state index in [-0.39, 0.29) is 38.0 Å². The lowest BCUT2D eigenvalue weighted by Crippen LogP contribution is -2.38. The van der Waals surface area contributed by atoms with Crippen molar-refractivity contribution in [2.45, 2.75) is 44.1 Å². The molecule has 1 aliphatic carbocycles. The van der Waals surface area contributed by atoms with Gasteiger partial charge in [0, 0.05) is 18.8 Å². The van der Waals surface area contributed by atoms with Gasteiger partial charge in [-0.05, 0) is 35.2 Å². The molecule has 0 saturated heterocycles. The maximum atomic E-state index is 13.3. The lowest BCUT2D eigenvalue weighted by Gasteiger charge is -2.29. The molecule has 3 rings (SSSR count). The number of benzene rings is 2. The Balaban J connectivity index is 1.77. The predicted octanol–water partition coefficient (Wildman–Crippen LogP) is 4.30. The molecule has 2 N–H and O–H groups in total. The molecule has 0 aliphatic heterocycles. The van der Waals surface area contributed by atoms with Gasteiger partial charge in [-0.15, -0.1) is 0 Å². The van der Waals surface area contributed by atoms with Gasteiger partial charge in [-0.2, -0.15) is 0 Å². The van der Waals surface area contributed by atoms with Gasteiger partial charge in [-0.25, -0.2) is 8.78 Å². The first-order chi connectivity index (χ1) is 12.3. The normalized spacial score (nSPS) is 18.4. The maximum absolute atomic E-state index is 13.3. The largest absolute Gasteiger partial charge is 0.481 e. The summed E-state index contributed by atoms with van der Waals surface area (Å²) in [4.78, 5) is 23.7. The molecule has 2 aromatic carbocycles. The van der Waals surface area contributed by atoms with E-state index in [1.54, 1.807) is 6.07 Å². The van der Waals surface area contributed by atoms with E-state index < -0.39 is 23.9 Å². The van der Waals surface area contributed by atoms with Crippen molar-refractivity contribution >= 4 is 22.6 Å². The van der Waals surface area contributed by atoms with Gasteiger partial charge in [0.25, 0.3) is 0 Å². The lowest BCUT2D eigenvalue weighted by atomic mass is 9.86. The Kier molecular flexibility index (Phi) is 5.20. The molecule has 1 saturated carbocycles. The molecule has 0 spiro atoms. The third-order valence-electron chi connectivity index (χ3n) is 4.96. The lowest BCUT2D eigenvalue weighted by molar-refractivity contribution is -0.138. The molecule has 1 amide bonds. The second-order valence-corrected chi connectivity index (χ2v) is 6.90. The van der Waals surface area contributed by atoms with Gasteiger partial charge >= 0.3 is 5.97 Å². The fraction of sp³-hybridized carbons (Fsp3) is 0.400. The van der Waals surface area contributed by atoms with Crippen molar-refractivity contribution in [3.63, 3.8) is 0 Å². The van der Waals surface area contributed by atoms with Gasteiger partial charge in [0.05, 0.1) is 12.5 Å². The number of hydrogen-bond acceptors (Lipinski definition) is 2. The van der Waals surface area contributed by atoms with Crippen molar-refractivity contribution in [1.82, 2.24) is 5.32 Å². The summed E-state index contributed by atoms with van der Waals surface area (Å²) >= 11 is 0. The van der Waals surface area contributed by atoms with Crippen LogP contribution in [0.25, 0.3) is 10.8 Å². The number of rotatable bonds is 5. The second-order valence-electron chi connectivity index (χ2n) is 6.90. The van der Waals surface area contributed by atoms with E-state index in [1.165, 1.54) is 0 Å². The van der Waals surface area contributed by atoms with Gasteiger partial charge in [0.1, 0.15) is 0 Å². The summed E-state index contributed by atoms with van der Waals surface area (Å²) < 4.78 is 26.6. The molecule has 138 valence electrons. The van der Waals surface area contributed by atoms with Gasteiger partial charge < -0.3 is 10.4 Å². The summed E-state index contributed by atoms with van der Waals surface area (Å²) in [6.45, 7) is 0. The molecule has 6 heteroatoms. The molecule has 0 radical (unpaired) electrons. The first kappa shape index (κ1) is 18.3. The SMILES string of the molecule is O=C(O)C[C@H](NC(=O)C1CCC(F)(F)CC1)c1ccc2ccccc2c1. The number of halogens is 2. The highest BCUT2D eigenvalue weighted by molar-refractivity contribution is 5.84. The molecule has 0 aromatic heterocycles. The Labute approximate surface area is 150 Å². The van der Waals surface area contributed by atoms with Crippen LogP contribution in [-0.4, -0.2) is 22.9 Å². The van der Waals surface area contributed by atoms with Crippen LogP contribution in [0, 0.1) is 5.92 Å². The Morgan fingerprint density at radius 1 is 1.12 bits per heavy atom. The van der Waals surface area contributed by atoms with Crippen LogP contribution < -0.4 is 5.32 Å². The summed E-state index contributed by atoms with van der Waals surface area (Å²) in [6, 6.07) is 12.5. The Morgan fingerprint density at radius 2 is 1.77 bits per heavy atom. The van der Waals surface area contributed by atoms with Crippen molar-refractivity contribution in [2.24, 2.45) is 5.92 Å². The number of fused-ring (bicyclic) bond motifs is 1. The number of nitrogens with one attached hydrogen (secondary N) is 1. The van der Waals surface area contributed by atoms with Crippen LogP contribution in [-0.2, 0) is 9.59 Å². The van der Waals surface area contributed by atoms with Crippen LogP contribution >= 0.6 is 0 Å². The highest BCUT2D eigenvalue weighted by atomic mass is 19.3. The zero-order chi connectivity index (χ0) is 18.7. The van der Waals surface area contributed by atoms with E-state index in [9.17, 15) is 23.5 Å². The summed E-state index contributed by atoms with van der Waals surface area (Å²) in [6.07, 6.45) is -0.616.